The van der Waals surface area contributed by atoms with Crippen molar-refractivity contribution < 1.29 is 0 Å². The van der Waals surface area contributed by atoms with E-state index in [1.807, 2.05) is 38.2 Å². The van der Waals surface area contributed by atoms with Crippen molar-refractivity contribution in [2.24, 2.45) is 7.05 Å². The number of nitrogens with one attached hydrogen (secondary N) is 1. The quantitative estimate of drug-likeness (QED) is 0.757. The van der Waals surface area contributed by atoms with Gasteiger partial charge in [-0.1, -0.05) is 24.3 Å². The summed E-state index contributed by atoms with van der Waals surface area (Å²) in [5.74, 6) is 1.41. The number of hydrogen-bond donors (Lipinski definition) is 2. The van der Waals surface area contributed by atoms with Crippen LogP contribution in [0.1, 0.15) is 11.3 Å². The highest BCUT2D eigenvalue weighted by molar-refractivity contribution is 5.92. The van der Waals surface area contributed by atoms with Gasteiger partial charge < -0.3 is 11.1 Å². The van der Waals surface area contributed by atoms with Crippen LogP contribution in [0.4, 0.5) is 11.6 Å². The van der Waals surface area contributed by atoms with E-state index in [9.17, 15) is 0 Å². The number of aromatic nitrogens is 4. The molecule has 0 spiro atoms. The van der Waals surface area contributed by atoms with Crippen molar-refractivity contribution in [1.29, 1.82) is 0 Å². The van der Waals surface area contributed by atoms with Gasteiger partial charge in [-0.3, -0.25) is 4.68 Å². The molecule has 0 saturated heterocycles. The van der Waals surface area contributed by atoms with Crippen molar-refractivity contribution in [3.05, 3.63) is 41.7 Å². The Morgan fingerprint density at radius 1 is 1.20 bits per heavy atom. The van der Waals surface area contributed by atoms with Crippen LogP contribution in [0, 0.1) is 6.92 Å². The third kappa shape index (κ3) is 2.05. The molecule has 6 heteroatoms. The molecule has 0 aliphatic carbocycles. The van der Waals surface area contributed by atoms with Gasteiger partial charge in [0.25, 0.3) is 0 Å². The summed E-state index contributed by atoms with van der Waals surface area (Å²) in [5.41, 5.74) is 7.79. The minimum absolute atomic E-state index is 0.571. The number of benzene rings is 1. The van der Waals surface area contributed by atoms with Gasteiger partial charge in [-0.25, -0.2) is 0 Å². The first kappa shape index (κ1) is 12.4. The third-order valence-corrected chi connectivity index (χ3v) is 3.38. The first-order valence-electron chi connectivity index (χ1n) is 6.39. The smallest absolute Gasteiger partial charge is 0.156 e. The van der Waals surface area contributed by atoms with E-state index < -0.39 is 0 Å². The molecule has 1 aromatic carbocycles. The first-order valence-corrected chi connectivity index (χ1v) is 6.39. The molecule has 3 N–H and O–H groups in total. The van der Waals surface area contributed by atoms with Gasteiger partial charge in [0.2, 0.25) is 0 Å². The second-order valence-corrected chi connectivity index (χ2v) is 4.71. The Morgan fingerprint density at radius 2 is 1.95 bits per heavy atom. The fourth-order valence-electron chi connectivity index (χ4n) is 2.18. The Labute approximate surface area is 116 Å². The van der Waals surface area contributed by atoms with Gasteiger partial charge in [-0.05, 0) is 6.92 Å². The molecule has 0 aliphatic heterocycles. The predicted molar refractivity (Wildman–Crippen MR) is 79.2 cm³/mol. The highest BCUT2D eigenvalue weighted by Gasteiger charge is 2.08. The number of rotatable bonds is 3. The number of hydrogen-bond acceptors (Lipinski definition) is 5. The average Bonchev–Trinajstić information content (AvgIpc) is 2.79. The summed E-state index contributed by atoms with van der Waals surface area (Å²) < 4.78 is 1.65. The lowest BCUT2D eigenvalue weighted by Crippen LogP contribution is -2.06. The molecule has 0 unspecified atom stereocenters. The Kier molecular flexibility index (Phi) is 2.98. The molecule has 0 amide bonds. The van der Waals surface area contributed by atoms with E-state index in [2.05, 4.69) is 20.6 Å². The summed E-state index contributed by atoms with van der Waals surface area (Å²) in [6.45, 7) is 2.53. The molecule has 102 valence electrons. The summed E-state index contributed by atoms with van der Waals surface area (Å²) in [7, 11) is 1.82. The van der Waals surface area contributed by atoms with E-state index in [4.69, 9.17) is 5.73 Å². The van der Waals surface area contributed by atoms with E-state index in [0.29, 0.717) is 12.4 Å². The normalized spacial score (nSPS) is 10.9. The predicted octanol–water partition coefficient (Wildman–Crippen LogP) is 1.87. The zero-order valence-electron chi connectivity index (χ0n) is 11.5. The molecular weight excluding hydrogens is 252 g/mol. The fraction of sp³-hybridized carbons (Fsp3) is 0.214. The molecule has 0 fully saturated rings. The van der Waals surface area contributed by atoms with E-state index in [0.717, 1.165) is 27.8 Å². The van der Waals surface area contributed by atoms with Crippen molar-refractivity contribution in [1.82, 2.24) is 20.0 Å². The second-order valence-electron chi connectivity index (χ2n) is 4.71. The average molecular weight is 268 g/mol. The highest BCUT2D eigenvalue weighted by Crippen LogP contribution is 2.23. The van der Waals surface area contributed by atoms with Gasteiger partial charge in [0, 0.05) is 29.9 Å². The van der Waals surface area contributed by atoms with Crippen molar-refractivity contribution in [2.75, 3.05) is 11.1 Å². The van der Waals surface area contributed by atoms with E-state index in [1.165, 1.54) is 0 Å². The number of nitrogens with zero attached hydrogens (tertiary/aromatic N) is 4. The van der Waals surface area contributed by atoms with Crippen LogP contribution in [-0.2, 0) is 13.6 Å². The van der Waals surface area contributed by atoms with Crippen LogP contribution in [0.2, 0.25) is 0 Å². The van der Waals surface area contributed by atoms with Gasteiger partial charge in [0.1, 0.15) is 5.82 Å². The lowest BCUT2D eigenvalue weighted by Gasteiger charge is -2.09. The molecule has 6 nitrogen and oxygen atoms in total. The maximum absolute atomic E-state index is 5.93. The van der Waals surface area contributed by atoms with Crippen LogP contribution in [-0.4, -0.2) is 20.0 Å². The molecule has 0 aliphatic rings. The fourth-order valence-corrected chi connectivity index (χ4v) is 2.18. The summed E-state index contributed by atoms with van der Waals surface area (Å²) in [5, 5.41) is 18.0. The third-order valence-electron chi connectivity index (χ3n) is 3.38. The molecular formula is C14H16N6. The summed E-state index contributed by atoms with van der Waals surface area (Å²) >= 11 is 0. The minimum atomic E-state index is 0.571. The van der Waals surface area contributed by atoms with Crippen LogP contribution < -0.4 is 11.1 Å². The maximum Gasteiger partial charge on any atom is 0.156 e. The molecule has 20 heavy (non-hydrogen) atoms. The lowest BCUT2D eigenvalue weighted by molar-refractivity contribution is 0.778. The zero-order chi connectivity index (χ0) is 14.1. The Balaban J connectivity index is 1.92. The highest BCUT2D eigenvalue weighted by atomic mass is 15.3. The molecule has 2 heterocycles. The van der Waals surface area contributed by atoms with Gasteiger partial charge >= 0.3 is 0 Å². The zero-order valence-corrected chi connectivity index (χ0v) is 11.5. The van der Waals surface area contributed by atoms with Gasteiger partial charge in [-0.2, -0.15) is 10.2 Å². The minimum Gasteiger partial charge on any atom is -0.384 e. The largest absolute Gasteiger partial charge is 0.384 e. The van der Waals surface area contributed by atoms with Gasteiger partial charge in [0.05, 0.1) is 11.9 Å². The Hall–Kier alpha value is -2.63. The second kappa shape index (κ2) is 4.80. The van der Waals surface area contributed by atoms with E-state index >= 15 is 0 Å². The molecule has 0 bridgehead atoms. The Bertz CT molecular complexity index is 761. The van der Waals surface area contributed by atoms with E-state index in [1.54, 1.807) is 10.9 Å². The number of anilines is 2. The van der Waals surface area contributed by atoms with Crippen LogP contribution in [0.3, 0.4) is 0 Å². The maximum atomic E-state index is 5.93. The summed E-state index contributed by atoms with van der Waals surface area (Å²) in [4.78, 5) is 0. The molecule has 0 atom stereocenters. The first-order chi connectivity index (χ1) is 9.66. The van der Waals surface area contributed by atoms with Crippen molar-refractivity contribution in [3.8, 4) is 0 Å². The van der Waals surface area contributed by atoms with Crippen LogP contribution in [0.5, 0.6) is 0 Å². The SMILES string of the molecule is Cc1nnc(NCc2cnn(C)c2N)c2ccccc12. The van der Waals surface area contributed by atoms with Crippen molar-refractivity contribution in [3.63, 3.8) is 0 Å². The number of fused-ring (bicyclic) bond motifs is 1. The molecule has 2 aromatic heterocycles. The number of nitrogen functional groups attached to an aromatic ring is 1. The van der Waals surface area contributed by atoms with Crippen molar-refractivity contribution in [2.45, 2.75) is 13.5 Å². The summed E-state index contributed by atoms with van der Waals surface area (Å²) in [6, 6.07) is 8.07. The van der Waals surface area contributed by atoms with Gasteiger partial charge in [-0.15, -0.1) is 5.10 Å². The monoisotopic (exact) mass is 268 g/mol. The molecule has 3 aromatic rings. The lowest BCUT2D eigenvalue weighted by atomic mass is 10.1. The number of nitrogens with two attached hydrogens (primary N) is 1. The molecule has 0 radical (unpaired) electrons. The van der Waals surface area contributed by atoms with Crippen molar-refractivity contribution >= 4 is 22.4 Å². The van der Waals surface area contributed by atoms with Crippen LogP contribution in [0.25, 0.3) is 10.8 Å². The van der Waals surface area contributed by atoms with Gasteiger partial charge in [0.15, 0.2) is 5.82 Å². The topological polar surface area (TPSA) is 81.7 Å². The van der Waals surface area contributed by atoms with Crippen LogP contribution >= 0.6 is 0 Å². The standard InChI is InChI=1S/C14H16N6/c1-9-11-5-3-4-6-12(11)14(19-18-9)16-7-10-8-17-20(2)13(10)15/h3-6,8H,7,15H2,1-2H3,(H,16,19). The van der Waals surface area contributed by atoms with Crippen LogP contribution in [0.15, 0.2) is 30.5 Å². The number of aryl methyl sites for hydroxylation is 2. The molecule has 3 rings (SSSR count). The summed E-state index contributed by atoms with van der Waals surface area (Å²) in [6.07, 6.45) is 1.76. The van der Waals surface area contributed by atoms with E-state index in [-0.39, 0.29) is 0 Å². The Morgan fingerprint density at radius 3 is 2.65 bits per heavy atom. The molecule has 0 saturated carbocycles.